The Balaban J connectivity index is 1.78. The molecule has 0 fully saturated rings. The van der Waals surface area contributed by atoms with Gasteiger partial charge in [-0.2, -0.15) is 0 Å². The fourth-order valence-electron chi connectivity index (χ4n) is 2.95. The molecule has 2 heterocycles. The summed E-state index contributed by atoms with van der Waals surface area (Å²) in [5.74, 6) is 0.217. The highest BCUT2D eigenvalue weighted by molar-refractivity contribution is 7.22. The van der Waals surface area contributed by atoms with Crippen LogP contribution in [0.2, 0.25) is 0 Å². The normalized spacial score (nSPS) is 11.4. The molecule has 30 heavy (non-hydrogen) atoms. The predicted molar refractivity (Wildman–Crippen MR) is 117 cm³/mol. The zero-order valence-electron chi connectivity index (χ0n) is 16.5. The first-order valence-electron chi connectivity index (χ1n) is 9.02. The number of aliphatic imine (C=N–C) groups is 1. The lowest BCUT2D eigenvalue weighted by Gasteiger charge is -2.11. The molecule has 0 amide bonds. The van der Waals surface area contributed by atoms with Gasteiger partial charge in [-0.25, -0.2) is 19.3 Å². The monoisotopic (exact) mass is 422 g/mol. The van der Waals surface area contributed by atoms with Crippen molar-refractivity contribution in [1.29, 1.82) is 0 Å². The molecular weight excluding hydrogens is 404 g/mol. The number of hydrogen-bond donors (Lipinski definition) is 2. The van der Waals surface area contributed by atoms with Gasteiger partial charge in [-0.05, 0) is 55.3 Å². The number of aromatic amines is 1. The van der Waals surface area contributed by atoms with Crippen LogP contribution in [0.5, 0.6) is 11.6 Å². The summed E-state index contributed by atoms with van der Waals surface area (Å²) in [7, 11) is 1.58. The number of fused-ring (bicyclic) bond motifs is 1. The van der Waals surface area contributed by atoms with E-state index in [0.29, 0.717) is 16.6 Å². The van der Waals surface area contributed by atoms with Crippen LogP contribution in [-0.4, -0.2) is 33.0 Å². The van der Waals surface area contributed by atoms with Gasteiger partial charge in [-0.3, -0.25) is 9.78 Å². The van der Waals surface area contributed by atoms with Gasteiger partial charge in [-0.15, -0.1) is 0 Å². The molecule has 152 valence electrons. The minimum Gasteiger partial charge on any atom is -0.497 e. The first-order chi connectivity index (χ1) is 14.4. The average molecular weight is 422 g/mol. The van der Waals surface area contributed by atoms with Gasteiger partial charge in [-0.1, -0.05) is 17.4 Å². The van der Waals surface area contributed by atoms with E-state index in [4.69, 9.17) is 4.74 Å². The summed E-state index contributed by atoms with van der Waals surface area (Å²) in [5, 5.41) is 11.1. The molecule has 0 saturated heterocycles. The van der Waals surface area contributed by atoms with E-state index in [2.05, 4.69) is 15.0 Å². The molecule has 0 radical (unpaired) electrons. The SMILES string of the molecule is COc1ccc2nc(/N=C/c3c(O)n(-c4ccc(C)c(C)c4)c(=O)[nH]c3=O)sc2c1. The molecule has 0 aliphatic rings. The third kappa shape index (κ3) is 3.50. The molecule has 0 spiro atoms. The van der Waals surface area contributed by atoms with Gasteiger partial charge in [0.2, 0.25) is 11.0 Å². The molecule has 2 N–H and O–H groups in total. The Kier molecular flexibility index (Phi) is 4.96. The van der Waals surface area contributed by atoms with Crippen molar-refractivity contribution >= 4 is 32.9 Å². The molecular formula is C21H18N4O4S. The lowest BCUT2D eigenvalue weighted by molar-refractivity contribution is 0.415. The number of methoxy groups -OCH3 is 1. The molecule has 0 aliphatic heterocycles. The van der Waals surface area contributed by atoms with E-state index >= 15 is 0 Å². The molecule has 0 atom stereocenters. The van der Waals surface area contributed by atoms with Gasteiger partial charge in [0.05, 0.1) is 23.0 Å². The molecule has 0 bridgehead atoms. The van der Waals surface area contributed by atoms with Crippen molar-refractivity contribution in [3.8, 4) is 17.3 Å². The number of benzene rings is 2. The van der Waals surface area contributed by atoms with E-state index in [1.54, 1.807) is 25.3 Å². The number of aryl methyl sites for hydroxylation is 2. The van der Waals surface area contributed by atoms with Gasteiger partial charge in [0.25, 0.3) is 5.56 Å². The average Bonchev–Trinajstić information content (AvgIpc) is 3.12. The summed E-state index contributed by atoms with van der Waals surface area (Å²) in [6, 6.07) is 10.8. The number of aromatic nitrogens is 3. The second-order valence-corrected chi connectivity index (χ2v) is 7.70. The summed E-state index contributed by atoms with van der Waals surface area (Å²) < 4.78 is 7.12. The van der Waals surface area contributed by atoms with Gasteiger partial charge in [0.15, 0.2) is 0 Å². The number of ether oxygens (including phenoxy) is 1. The largest absolute Gasteiger partial charge is 0.497 e. The Hall–Kier alpha value is -3.72. The maximum atomic E-state index is 12.3. The fourth-order valence-corrected chi connectivity index (χ4v) is 3.79. The summed E-state index contributed by atoms with van der Waals surface area (Å²) in [5.41, 5.74) is 1.58. The van der Waals surface area contributed by atoms with Crippen molar-refractivity contribution in [2.24, 2.45) is 4.99 Å². The standard InChI is InChI=1S/C21H18N4O4S/c1-11-4-5-13(8-12(11)2)25-19(27)15(18(26)24-21(25)28)10-22-20-23-16-7-6-14(29-3)9-17(16)30-20/h4-10,27H,1-3H3,(H,24,26,28)/b22-10+. The van der Waals surface area contributed by atoms with Gasteiger partial charge < -0.3 is 9.84 Å². The quantitative estimate of drug-likeness (QED) is 0.491. The number of nitrogens with one attached hydrogen (secondary N) is 1. The van der Waals surface area contributed by atoms with E-state index in [0.717, 1.165) is 25.9 Å². The number of thiazole rings is 1. The molecule has 2 aromatic carbocycles. The van der Waals surface area contributed by atoms with Crippen molar-refractivity contribution in [2.75, 3.05) is 7.11 Å². The van der Waals surface area contributed by atoms with Gasteiger partial charge >= 0.3 is 5.69 Å². The zero-order valence-corrected chi connectivity index (χ0v) is 17.3. The third-order valence-corrected chi connectivity index (χ3v) is 5.68. The minimum atomic E-state index is -0.732. The maximum absolute atomic E-state index is 12.3. The number of hydrogen-bond acceptors (Lipinski definition) is 7. The van der Waals surface area contributed by atoms with Crippen LogP contribution in [0.4, 0.5) is 5.13 Å². The van der Waals surface area contributed by atoms with Crippen molar-refractivity contribution in [1.82, 2.24) is 14.5 Å². The predicted octanol–water partition coefficient (Wildman–Crippen LogP) is 3.22. The van der Waals surface area contributed by atoms with E-state index in [9.17, 15) is 14.7 Å². The van der Waals surface area contributed by atoms with Crippen LogP contribution in [0.25, 0.3) is 15.9 Å². The second-order valence-electron chi connectivity index (χ2n) is 6.69. The zero-order chi connectivity index (χ0) is 21.4. The Morgan fingerprint density at radius 1 is 1.17 bits per heavy atom. The summed E-state index contributed by atoms with van der Waals surface area (Å²) in [4.78, 5) is 35.5. The first kappa shape index (κ1) is 19.6. The summed E-state index contributed by atoms with van der Waals surface area (Å²) in [6.07, 6.45) is 1.21. The Morgan fingerprint density at radius 3 is 2.70 bits per heavy atom. The number of nitrogens with zero attached hydrogens (tertiary/aromatic N) is 3. The van der Waals surface area contributed by atoms with Crippen molar-refractivity contribution in [2.45, 2.75) is 13.8 Å². The van der Waals surface area contributed by atoms with Gasteiger partial charge in [0.1, 0.15) is 11.3 Å². The van der Waals surface area contributed by atoms with Crippen LogP contribution in [0, 0.1) is 13.8 Å². The minimum absolute atomic E-state index is 0.135. The van der Waals surface area contributed by atoms with Crippen molar-refractivity contribution < 1.29 is 9.84 Å². The maximum Gasteiger partial charge on any atom is 0.335 e. The van der Waals surface area contributed by atoms with E-state index in [1.807, 2.05) is 32.0 Å². The number of aromatic hydroxyl groups is 1. The Labute approximate surface area is 174 Å². The van der Waals surface area contributed by atoms with Crippen LogP contribution >= 0.6 is 11.3 Å². The summed E-state index contributed by atoms with van der Waals surface area (Å²) in [6.45, 7) is 3.84. The molecule has 0 unspecified atom stereocenters. The number of H-pyrrole nitrogens is 1. The first-order valence-corrected chi connectivity index (χ1v) is 9.83. The Morgan fingerprint density at radius 2 is 1.97 bits per heavy atom. The topological polar surface area (TPSA) is 110 Å². The molecule has 9 heteroatoms. The fraction of sp³-hybridized carbons (Fsp3) is 0.143. The van der Waals surface area contributed by atoms with Crippen LogP contribution in [0.15, 0.2) is 51.0 Å². The van der Waals surface area contributed by atoms with Crippen LogP contribution < -0.4 is 16.0 Å². The molecule has 0 aliphatic carbocycles. The molecule has 8 nitrogen and oxygen atoms in total. The lowest BCUT2D eigenvalue weighted by Crippen LogP contribution is -2.31. The highest BCUT2D eigenvalue weighted by atomic mass is 32.1. The van der Waals surface area contributed by atoms with Crippen molar-refractivity contribution in [3.63, 3.8) is 0 Å². The van der Waals surface area contributed by atoms with E-state index in [1.165, 1.54) is 17.6 Å². The van der Waals surface area contributed by atoms with Crippen LogP contribution in [0.1, 0.15) is 16.7 Å². The highest BCUT2D eigenvalue weighted by Gasteiger charge is 2.15. The number of rotatable bonds is 4. The van der Waals surface area contributed by atoms with Crippen LogP contribution in [-0.2, 0) is 0 Å². The molecule has 4 aromatic rings. The smallest absolute Gasteiger partial charge is 0.335 e. The summed E-state index contributed by atoms with van der Waals surface area (Å²) >= 11 is 1.31. The highest BCUT2D eigenvalue weighted by Crippen LogP contribution is 2.30. The molecule has 2 aromatic heterocycles. The third-order valence-electron chi connectivity index (χ3n) is 4.76. The molecule has 4 rings (SSSR count). The van der Waals surface area contributed by atoms with Gasteiger partial charge in [0, 0.05) is 6.21 Å². The second kappa shape index (κ2) is 7.60. The van der Waals surface area contributed by atoms with Crippen LogP contribution in [0.3, 0.4) is 0 Å². The van der Waals surface area contributed by atoms with E-state index in [-0.39, 0.29) is 5.56 Å². The van der Waals surface area contributed by atoms with Crippen molar-refractivity contribution in [3.05, 3.63) is 73.9 Å². The Bertz CT molecular complexity index is 1420. The lowest BCUT2D eigenvalue weighted by atomic mass is 10.1. The molecule has 0 saturated carbocycles. The van der Waals surface area contributed by atoms with E-state index < -0.39 is 17.1 Å².